The summed E-state index contributed by atoms with van der Waals surface area (Å²) in [6.07, 6.45) is 12.2. The highest BCUT2D eigenvalue weighted by Crippen LogP contribution is 2.24. The van der Waals surface area contributed by atoms with E-state index in [1.807, 2.05) is 4.68 Å². The lowest BCUT2D eigenvalue weighted by Gasteiger charge is -2.26. The topological polar surface area (TPSA) is 50.2 Å². The van der Waals surface area contributed by atoms with Crippen molar-refractivity contribution in [3.05, 3.63) is 29.1 Å². The molecule has 1 aromatic rings. The summed E-state index contributed by atoms with van der Waals surface area (Å²) in [5, 5.41) is 7.51. The number of carbonyl (C=O) groups excluding carboxylic acids is 1. The molecule has 1 aliphatic carbocycles. The molecule has 0 aromatic carbocycles. The lowest BCUT2D eigenvalue weighted by atomic mass is 9.94. The van der Waals surface area contributed by atoms with Crippen molar-refractivity contribution in [3.8, 4) is 0 Å². The van der Waals surface area contributed by atoms with Crippen LogP contribution in [0.3, 0.4) is 0 Å². The molecule has 0 bridgehead atoms. The van der Waals surface area contributed by atoms with Gasteiger partial charge in [0.2, 0.25) is 0 Å². The molecule has 0 saturated heterocycles. The standard InChI is InChI=1S/C19H30N4O/c1-22(2)14-16-9-11-23-18(12-16)17(13-21-23)19(24)20-10-8-15-6-4-3-5-7-15/h6,13,16H,3-5,7-12,14H2,1-2H3,(H,20,24)/t16-/m1/s1. The van der Waals surface area contributed by atoms with E-state index in [0.717, 1.165) is 50.2 Å². The molecule has 0 saturated carbocycles. The maximum absolute atomic E-state index is 12.6. The Morgan fingerprint density at radius 2 is 2.29 bits per heavy atom. The summed E-state index contributed by atoms with van der Waals surface area (Å²) in [7, 11) is 4.22. The van der Waals surface area contributed by atoms with Gasteiger partial charge < -0.3 is 10.2 Å². The van der Waals surface area contributed by atoms with E-state index in [1.165, 1.54) is 31.3 Å². The number of fused-ring (bicyclic) bond motifs is 1. The third-order valence-electron chi connectivity index (χ3n) is 5.16. The molecule has 0 spiro atoms. The van der Waals surface area contributed by atoms with E-state index in [-0.39, 0.29) is 5.91 Å². The zero-order valence-corrected chi connectivity index (χ0v) is 15.1. The van der Waals surface area contributed by atoms with Gasteiger partial charge >= 0.3 is 0 Å². The maximum atomic E-state index is 12.6. The fourth-order valence-electron chi connectivity index (χ4n) is 3.92. The summed E-state index contributed by atoms with van der Waals surface area (Å²) < 4.78 is 2.02. The van der Waals surface area contributed by atoms with Crippen LogP contribution in [0.5, 0.6) is 0 Å². The minimum Gasteiger partial charge on any atom is -0.352 e. The van der Waals surface area contributed by atoms with Gasteiger partial charge in [0.05, 0.1) is 17.5 Å². The van der Waals surface area contributed by atoms with Gasteiger partial charge in [0, 0.05) is 19.6 Å². The average molecular weight is 330 g/mol. The molecule has 5 heteroatoms. The number of nitrogens with one attached hydrogen (secondary N) is 1. The Bertz CT molecular complexity index is 603. The predicted octanol–water partition coefficient (Wildman–Crippen LogP) is 2.63. The van der Waals surface area contributed by atoms with Crippen molar-refractivity contribution < 1.29 is 4.79 Å². The molecular weight excluding hydrogens is 300 g/mol. The van der Waals surface area contributed by atoms with E-state index in [4.69, 9.17) is 0 Å². The van der Waals surface area contributed by atoms with Gasteiger partial charge in [-0.2, -0.15) is 5.10 Å². The Labute approximate surface area is 145 Å². The number of rotatable bonds is 6. The number of allylic oxidation sites excluding steroid dienone is 1. The minimum absolute atomic E-state index is 0.0400. The van der Waals surface area contributed by atoms with E-state index >= 15 is 0 Å². The number of amides is 1. The van der Waals surface area contributed by atoms with Gasteiger partial charge in [-0.25, -0.2) is 0 Å². The van der Waals surface area contributed by atoms with E-state index in [9.17, 15) is 4.79 Å². The minimum atomic E-state index is 0.0400. The molecule has 1 aliphatic heterocycles. The number of hydrogen-bond donors (Lipinski definition) is 1. The van der Waals surface area contributed by atoms with Gasteiger partial charge in [-0.1, -0.05) is 11.6 Å². The molecule has 1 N–H and O–H groups in total. The number of aromatic nitrogens is 2. The van der Waals surface area contributed by atoms with Crippen LogP contribution in [0, 0.1) is 5.92 Å². The van der Waals surface area contributed by atoms with Crippen molar-refractivity contribution in [2.24, 2.45) is 5.92 Å². The number of aryl methyl sites for hydroxylation is 1. The number of hydrogen-bond acceptors (Lipinski definition) is 3. The van der Waals surface area contributed by atoms with E-state index in [0.29, 0.717) is 5.92 Å². The Kier molecular flexibility index (Phi) is 5.72. The first kappa shape index (κ1) is 17.2. The van der Waals surface area contributed by atoms with Gasteiger partial charge in [0.25, 0.3) is 5.91 Å². The van der Waals surface area contributed by atoms with Crippen LogP contribution in [0.25, 0.3) is 0 Å². The molecule has 24 heavy (non-hydrogen) atoms. The van der Waals surface area contributed by atoms with Crippen molar-refractivity contribution >= 4 is 5.91 Å². The van der Waals surface area contributed by atoms with E-state index in [2.05, 4.69) is 35.5 Å². The average Bonchev–Trinajstić information content (AvgIpc) is 2.98. The molecule has 1 atom stereocenters. The van der Waals surface area contributed by atoms with Crippen LogP contribution in [-0.2, 0) is 13.0 Å². The van der Waals surface area contributed by atoms with Crippen LogP contribution in [0.15, 0.2) is 17.8 Å². The smallest absolute Gasteiger partial charge is 0.254 e. The highest BCUT2D eigenvalue weighted by molar-refractivity contribution is 5.95. The highest BCUT2D eigenvalue weighted by Gasteiger charge is 2.25. The van der Waals surface area contributed by atoms with Crippen LogP contribution in [0.4, 0.5) is 0 Å². The summed E-state index contributed by atoms with van der Waals surface area (Å²) in [6.45, 7) is 2.73. The fraction of sp³-hybridized carbons (Fsp3) is 0.684. The molecule has 0 unspecified atom stereocenters. The van der Waals surface area contributed by atoms with Crippen molar-refractivity contribution in [1.82, 2.24) is 20.0 Å². The second-order valence-corrected chi connectivity index (χ2v) is 7.46. The highest BCUT2D eigenvalue weighted by atomic mass is 16.1. The fourth-order valence-corrected chi connectivity index (χ4v) is 3.92. The van der Waals surface area contributed by atoms with Gasteiger partial charge in [-0.15, -0.1) is 0 Å². The lowest BCUT2D eigenvalue weighted by Crippen LogP contribution is -2.31. The summed E-state index contributed by atoms with van der Waals surface area (Å²) in [4.78, 5) is 14.8. The second kappa shape index (κ2) is 7.97. The van der Waals surface area contributed by atoms with Crippen LogP contribution >= 0.6 is 0 Å². The molecule has 1 aromatic heterocycles. The van der Waals surface area contributed by atoms with Crippen molar-refractivity contribution in [3.63, 3.8) is 0 Å². The molecule has 2 heterocycles. The van der Waals surface area contributed by atoms with Crippen LogP contribution < -0.4 is 5.32 Å². The first-order chi connectivity index (χ1) is 11.6. The van der Waals surface area contributed by atoms with Crippen LogP contribution in [0.1, 0.15) is 54.6 Å². The molecule has 132 valence electrons. The predicted molar refractivity (Wildman–Crippen MR) is 96.1 cm³/mol. The SMILES string of the molecule is CN(C)C[C@@H]1CCn2ncc(C(=O)NCCC3=CCCCC3)c2C1. The Morgan fingerprint density at radius 1 is 1.42 bits per heavy atom. The zero-order valence-electron chi connectivity index (χ0n) is 15.1. The van der Waals surface area contributed by atoms with E-state index < -0.39 is 0 Å². The van der Waals surface area contributed by atoms with Gasteiger partial charge in [-0.3, -0.25) is 9.48 Å². The summed E-state index contributed by atoms with van der Waals surface area (Å²) >= 11 is 0. The summed E-state index contributed by atoms with van der Waals surface area (Å²) in [5.41, 5.74) is 3.39. The quantitative estimate of drug-likeness (QED) is 0.816. The molecule has 5 nitrogen and oxygen atoms in total. The lowest BCUT2D eigenvalue weighted by molar-refractivity contribution is 0.0952. The third kappa shape index (κ3) is 4.26. The first-order valence-corrected chi connectivity index (χ1v) is 9.29. The van der Waals surface area contributed by atoms with Gasteiger partial charge in [0.1, 0.15) is 0 Å². The molecular formula is C19H30N4O. The second-order valence-electron chi connectivity index (χ2n) is 7.46. The van der Waals surface area contributed by atoms with Crippen molar-refractivity contribution in [1.29, 1.82) is 0 Å². The zero-order chi connectivity index (χ0) is 16.9. The Morgan fingerprint density at radius 3 is 3.04 bits per heavy atom. The normalized spacial score (nSPS) is 20.6. The monoisotopic (exact) mass is 330 g/mol. The first-order valence-electron chi connectivity index (χ1n) is 9.29. The van der Waals surface area contributed by atoms with Crippen LogP contribution in [-0.4, -0.2) is 47.8 Å². The molecule has 0 radical (unpaired) electrons. The third-order valence-corrected chi connectivity index (χ3v) is 5.16. The van der Waals surface area contributed by atoms with Gasteiger partial charge in [-0.05, 0) is 65.0 Å². The number of nitrogens with zero attached hydrogens (tertiary/aromatic N) is 3. The Balaban J connectivity index is 1.56. The number of carbonyl (C=O) groups is 1. The van der Waals surface area contributed by atoms with Crippen molar-refractivity contribution in [2.75, 3.05) is 27.2 Å². The van der Waals surface area contributed by atoms with Crippen LogP contribution in [0.2, 0.25) is 0 Å². The molecule has 2 aliphatic rings. The largest absolute Gasteiger partial charge is 0.352 e. The maximum Gasteiger partial charge on any atom is 0.254 e. The Hall–Kier alpha value is -1.62. The van der Waals surface area contributed by atoms with Gasteiger partial charge in [0.15, 0.2) is 0 Å². The molecule has 3 rings (SSSR count). The molecule has 0 fully saturated rings. The van der Waals surface area contributed by atoms with E-state index in [1.54, 1.807) is 6.20 Å². The summed E-state index contributed by atoms with van der Waals surface area (Å²) in [5.74, 6) is 0.654. The molecule has 1 amide bonds. The summed E-state index contributed by atoms with van der Waals surface area (Å²) in [6, 6.07) is 0. The van der Waals surface area contributed by atoms with Crippen molar-refractivity contribution in [2.45, 2.75) is 51.5 Å².